The van der Waals surface area contributed by atoms with E-state index in [0.717, 1.165) is 0 Å². The molecular weight excluding hydrogens is 350 g/mol. The first-order valence-electron chi connectivity index (χ1n) is 7.61. The van der Waals surface area contributed by atoms with E-state index in [0.29, 0.717) is 22.4 Å². The van der Waals surface area contributed by atoms with E-state index in [9.17, 15) is 25.5 Å². The van der Waals surface area contributed by atoms with Crippen molar-refractivity contribution in [2.45, 2.75) is 0 Å². The lowest BCUT2D eigenvalue weighted by atomic mass is 9.98. The fourth-order valence-corrected chi connectivity index (χ4v) is 2.62. The highest BCUT2D eigenvalue weighted by atomic mass is 16.6. The number of nitro benzene ring substituents is 2. The summed E-state index contributed by atoms with van der Waals surface area (Å²) in [5, 5.41) is 31.5. The molecule has 9 heteroatoms. The van der Waals surface area contributed by atoms with Crippen LogP contribution in [0.25, 0.3) is 22.4 Å². The van der Waals surface area contributed by atoms with Gasteiger partial charge in [0, 0.05) is 35.4 Å². The summed E-state index contributed by atoms with van der Waals surface area (Å²) < 4.78 is 0. The summed E-state index contributed by atoms with van der Waals surface area (Å²) in [7, 11) is 0. The molecule has 132 valence electrons. The number of nitro groups is 2. The number of hydrogen-bond donors (Lipinski definition) is 1. The van der Waals surface area contributed by atoms with Crippen LogP contribution in [0.5, 0.6) is 0 Å². The van der Waals surface area contributed by atoms with Gasteiger partial charge < -0.3 is 5.73 Å². The van der Waals surface area contributed by atoms with Crippen molar-refractivity contribution in [2.24, 2.45) is 0 Å². The minimum atomic E-state index is -0.540. The van der Waals surface area contributed by atoms with Crippen molar-refractivity contribution >= 4 is 17.2 Å². The molecule has 0 aliphatic heterocycles. The monoisotopic (exact) mass is 361 g/mol. The number of anilines is 1. The van der Waals surface area contributed by atoms with E-state index in [1.54, 1.807) is 12.1 Å². The summed E-state index contributed by atoms with van der Waals surface area (Å²) in [4.78, 5) is 25.1. The van der Waals surface area contributed by atoms with Crippen molar-refractivity contribution < 1.29 is 9.85 Å². The zero-order valence-electron chi connectivity index (χ0n) is 13.7. The number of non-ortho nitro benzene ring substituents is 2. The zero-order valence-corrected chi connectivity index (χ0v) is 13.7. The number of rotatable bonds is 4. The van der Waals surface area contributed by atoms with Gasteiger partial charge >= 0.3 is 0 Å². The third-order valence-electron chi connectivity index (χ3n) is 3.88. The van der Waals surface area contributed by atoms with Crippen LogP contribution in [0.1, 0.15) is 5.56 Å². The maximum Gasteiger partial charge on any atom is 0.270 e. The average Bonchev–Trinajstić information content (AvgIpc) is 2.67. The molecule has 0 radical (unpaired) electrons. The van der Waals surface area contributed by atoms with Crippen LogP contribution in [0.15, 0.2) is 54.6 Å². The largest absolute Gasteiger partial charge is 0.383 e. The fourth-order valence-electron chi connectivity index (χ4n) is 2.62. The van der Waals surface area contributed by atoms with E-state index in [-0.39, 0.29) is 22.8 Å². The van der Waals surface area contributed by atoms with Gasteiger partial charge in [-0.25, -0.2) is 4.98 Å². The van der Waals surface area contributed by atoms with E-state index in [1.165, 1.54) is 42.5 Å². The van der Waals surface area contributed by atoms with Crippen LogP contribution in [-0.4, -0.2) is 14.8 Å². The highest BCUT2D eigenvalue weighted by molar-refractivity contribution is 5.81. The lowest BCUT2D eigenvalue weighted by Gasteiger charge is -2.10. The van der Waals surface area contributed by atoms with E-state index in [4.69, 9.17) is 5.73 Å². The Balaban J connectivity index is 2.22. The minimum absolute atomic E-state index is 0.0667. The molecule has 2 N–H and O–H groups in total. The van der Waals surface area contributed by atoms with E-state index >= 15 is 0 Å². The summed E-state index contributed by atoms with van der Waals surface area (Å²) in [5.41, 5.74) is 7.25. The Morgan fingerprint density at radius 3 is 2.04 bits per heavy atom. The highest BCUT2D eigenvalue weighted by Crippen LogP contribution is 2.33. The number of nitrogen functional groups attached to an aromatic ring is 1. The predicted molar refractivity (Wildman–Crippen MR) is 97.5 cm³/mol. The van der Waals surface area contributed by atoms with E-state index in [2.05, 4.69) is 4.98 Å². The van der Waals surface area contributed by atoms with Crippen LogP contribution < -0.4 is 5.73 Å². The molecule has 27 heavy (non-hydrogen) atoms. The SMILES string of the molecule is N#Cc1c(-c2cccc([N+](=O)[O-])c2)cc(-c2cccc([N+](=O)[O-])c2)nc1N. The van der Waals surface area contributed by atoms with Crippen LogP contribution in [0, 0.1) is 31.6 Å². The molecule has 3 aromatic rings. The quantitative estimate of drug-likeness (QED) is 0.550. The van der Waals surface area contributed by atoms with Gasteiger partial charge in [0.1, 0.15) is 17.5 Å². The van der Waals surface area contributed by atoms with Crippen molar-refractivity contribution in [3.8, 4) is 28.5 Å². The van der Waals surface area contributed by atoms with Gasteiger partial charge in [-0.15, -0.1) is 0 Å². The molecule has 0 saturated carbocycles. The summed E-state index contributed by atoms with van der Waals surface area (Å²) >= 11 is 0. The van der Waals surface area contributed by atoms with E-state index < -0.39 is 9.85 Å². The lowest BCUT2D eigenvalue weighted by molar-refractivity contribution is -0.385. The molecule has 0 spiro atoms. The summed E-state index contributed by atoms with van der Waals surface area (Å²) in [5.74, 6) is -0.0667. The molecule has 0 atom stereocenters. The third-order valence-corrected chi connectivity index (χ3v) is 3.88. The first-order valence-corrected chi connectivity index (χ1v) is 7.61. The molecule has 0 aliphatic rings. The Kier molecular flexibility index (Phi) is 4.47. The van der Waals surface area contributed by atoms with E-state index in [1.807, 2.05) is 6.07 Å². The number of nitrogens with zero attached hydrogens (tertiary/aromatic N) is 4. The molecule has 3 rings (SSSR count). The van der Waals surface area contributed by atoms with Crippen molar-refractivity contribution in [2.75, 3.05) is 5.73 Å². The number of nitriles is 1. The average molecular weight is 361 g/mol. The molecule has 9 nitrogen and oxygen atoms in total. The molecule has 0 bridgehead atoms. The van der Waals surface area contributed by atoms with Gasteiger partial charge in [0.15, 0.2) is 0 Å². The van der Waals surface area contributed by atoms with Gasteiger partial charge in [-0.05, 0) is 11.6 Å². The van der Waals surface area contributed by atoms with Gasteiger partial charge in [0.25, 0.3) is 11.4 Å². The highest BCUT2D eigenvalue weighted by Gasteiger charge is 2.17. The summed E-state index contributed by atoms with van der Waals surface area (Å²) in [6.45, 7) is 0. The smallest absolute Gasteiger partial charge is 0.270 e. The Hall–Kier alpha value is -4.32. The zero-order chi connectivity index (χ0) is 19.6. The normalized spacial score (nSPS) is 10.2. The first-order chi connectivity index (χ1) is 12.9. The molecule has 1 aromatic heterocycles. The summed E-state index contributed by atoms with van der Waals surface area (Å²) in [6.07, 6.45) is 0. The Labute approximate surface area is 152 Å². The fraction of sp³-hybridized carbons (Fsp3) is 0. The number of benzene rings is 2. The molecule has 0 saturated heterocycles. The molecule has 0 amide bonds. The van der Waals surface area contributed by atoms with Gasteiger partial charge in [0.05, 0.1) is 15.5 Å². The minimum Gasteiger partial charge on any atom is -0.383 e. The topological polar surface area (TPSA) is 149 Å². The number of aromatic nitrogens is 1. The van der Waals surface area contributed by atoms with Gasteiger partial charge in [-0.2, -0.15) is 5.26 Å². The first kappa shape index (κ1) is 17.5. The Morgan fingerprint density at radius 1 is 0.926 bits per heavy atom. The number of hydrogen-bond acceptors (Lipinski definition) is 7. The van der Waals surface area contributed by atoms with Crippen LogP contribution in [0.2, 0.25) is 0 Å². The van der Waals surface area contributed by atoms with Crippen LogP contribution >= 0.6 is 0 Å². The molecule has 2 aromatic carbocycles. The van der Waals surface area contributed by atoms with Crippen LogP contribution in [-0.2, 0) is 0 Å². The maximum atomic E-state index is 11.0. The Morgan fingerprint density at radius 2 is 1.48 bits per heavy atom. The maximum absolute atomic E-state index is 11.0. The molecule has 0 unspecified atom stereocenters. The number of pyridine rings is 1. The second kappa shape index (κ2) is 6.89. The molecule has 0 fully saturated rings. The van der Waals surface area contributed by atoms with Crippen molar-refractivity contribution in [3.05, 3.63) is 80.4 Å². The lowest BCUT2D eigenvalue weighted by Crippen LogP contribution is -2.00. The molecular formula is C18H11N5O4. The van der Waals surface area contributed by atoms with Crippen LogP contribution in [0.3, 0.4) is 0 Å². The second-order valence-electron chi connectivity index (χ2n) is 5.54. The molecule has 1 heterocycles. The van der Waals surface area contributed by atoms with Crippen LogP contribution in [0.4, 0.5) is 17.2 Å². The Bertz CT molecular complexity index is 1120. The van der Waals surface area contributed by atoms with Gasteiger partial charge in [-0.3, -0.25) is 20.2 Å². The standard InChI is InChI=1S/C18H11N5O4/c19-10-16-15(11-3-1-5-13(7-11)22(24)25)9-17(21-18(16)20)12-4-2-6-14(8-12)23(26)27/h1-9H,(H2,20,21). The van der Waals surface area contributed by atoms with Gasteiger partial charge in [0.2, 0.25) is 0 Å². The van der Waals surface area contributed by atoms with Crippen molar-refractivity contribution in [1.82, 2.24) is 4.98 Å². The van der Waals surface area contributed by atoms with Gasteiger partial charge in [-0.1, -0.05) is 24.3 Å². The van der Waals surface area contributed by atoms with Crippen molar-refractivity contribution in [3.63, 3.8) is 0 Å². The number of nitrogens with two attached hydrogens (primary N) is 1. The third kappa shape index (κ3) is 3.40. The summed E-state index contributed by atoms with van der Waals surface area (Å²) in [6, 6.07) is 15.1. The predicted octanol–water partition coefficient (Wildman–Crippen LogP) is 3.69. The molecule has 0 aliphatic carbocycles. The second-order valence-corrected chi connectivity index (χ2v) is 5.54. The van der Waals surface area contributed by atoms with Crippen molar-refractivity contribution in [1.29, 1.82) is 5.26 Å².